The molecule has 0 bridgehead atoms. The average Bonchev–Trinajstić information content (AvgIpc) is 2.26. The maximum Gasteiger partial charge on any atom is 0.0431 e. The van der Waals surface area contributed by atoms with Crippen molar-refractivity contribution >= 4 is 11.6 Å². The first-order valence-electron chi connectivity index (χ1n) is 5.94. The monoisotopic (exact) mass is 230 g/mol. The van der Waals surface area contributed by atoms with Gasteiger partial charge in [0.1, 0.15) is 0 Å². The molecule has 0 fully saturated rings. The second kappa shape index (κ2) is 13.7. The Morgan fingerprint density at radius 1 is 0.800 bits per heavy atom. The maximum absolute atomic E-state index is 8.59. The Morgan fingerprint density at radius 3 is 2.00 bits per heavy atom. The van der Waals surface area contributed by atoms with Crippen molar-refractivity contribution in [1.29, 1.82) is 0 Å². The van der Waals surface area contributed by atoms with Crippen LogP contribution in [0.4, 0.5) is 0 Å². The molecule has 0 amide bonds. The molecule has 1 N–H and O–H groups in total. The Bertz CT molecular complexity index is 164. The summed E-state index contributed by atoms with van der Waals surface area (Å²) in [6, 6.07) is 0. The Labute approximate surface area is 98.8 Å². The lowest BCUT2D eigenvalue weighted by Gasteiger charge is -1.99. The summed E-state index contributed by atoms with van der Waals surface area (Å²) < 4.78 is 0. The van der Waals surface area contributed by atoms with Gasteiger partial charge in [-0.3, -0.25) is 0 Å². The first kappa shape index (κ1) is 14.7. The number of hydrogen-bond donors (Lipinski definition) is 1. The van der Waals surface area contributed by atoms with Crippen molar-refractivity contribution in [2.75, 3.05) is 6.61 Å². The molecule has 0 saturated heterocycles. The van der Waals surface area contributed by atoms with E-state index in [0.29, 0.717) is 6.61 Å². The van der Waals surface area contributed by atoms with Crippen LogP contribution in [-0.4, -0.2) is 11.7 Å². The number of aliphatic hydroxyl groups is 1. The third-order valence-corrected chi connectivity index (χ3v) is 2.49. The summed E-state index contributed by atoms with van der Waals surface area (Å²) in [7, 11) is 0. The maximum atomic E-state index is 8.59. The molecule has 88 valence electrons. The SMILES string of the molecule is OCCCCCCCCC/C=C/C=C/Cl. The lowest BCUT2D eigenvalue weighted by atomic mass is 10.1. The van der Waals surface area contributed by atoms with E-state index in [-0.39, 0.29) is 0 Å². The zero-order valence-corrected chi connectivity index (χ0v) is 10.3. The predicted octanol–water partition coefficient (Wildman–Crippen LogP) is 4.41. The van der Waals surface area contributed by atoms with Crippen molar-refractivity contribution < 1.29 is 5.11 Å². The zero-order valence-electron chi connectivity index (χ0n) is 9.50. The molecule has 0 aromatic carbocycles. The largest absolute Gasteiger partial charge is 0.396 e. The Balaban J connectivity index is 2.98. The molecular formula is C13H23ClO. The molecule has 2 heteroatoms. The van der Waals surface area contributed by atoms with Crippen molar-refractivity contribution in [1.82, 2.24) is 0 Å². The van der Waals surface area contributed by atoms with E-state index in [2.05, 4.69) is 6.08 Å². The first-order chi connectivity index (χ1) is 7.41. The molecule has 0 spiro atoms. The van der Waals surface area contributed by atoms with Crippen LogP contribution in [0.2, 0.25) is 0 Å². The highest BCUT2D eigenvalue weighted by atomic mass is 35.5. The molecule has 0 rings (SSSR count). The van der Waals surface area contributed by atoms with Crippen LogP contribution in [0.25, 0.3) is 0 Å². The van der Waals surface area contributed by atoms with Gasteiger partial charge in [-0.2, -0.15) is 0 Å². The van der Waals surface area contributed by atoms with E-state index in [0.717, 1.165) is 12.8 Å². The number of allylic oxidation sites excluding steroid dienone is 3. The van der Waals surface area contributed by atoms with Gasteiger partial charge in [0.25, 0.3) is 0 Å². The van der Waals surface area contributed by atoms with Crippen LogP contribution in [0.3, 0.4) is 0 Å². The Kier molecular flexibility index (Phi) is 13.5. The van der Waals surface area contributed by atoms with Crippen molar-refractivity contribution in [3.63, 3.8) is 0 Å². The van der Waals surface area contributed by atoms with Gasteiger partial charge in [0, 0.05) is 12.1 Å². The van der Waals surface area contributed by atoms with Gasteiger partial charge in [-0.1, -0.05) is 61.9 Å². The van der Waals surface area contributed by atoms with Crippen molar-refractivity contribution in [3.05, 3.63) is 23.8 Å². The molecule has 0 aliphatic heterocycles. The molecule has 1 nitrogen and oxygen atoms in total. The predicted molar refractivity (Wildman–Crippen MR) is 68.2 cm³/mol. The Hall–Kier alpha value is -0.270. The summed E-state index contributed by atoms with van der Waals surface area (Å²) in [6.07, 6.45) is 15.8. The van der Waals surface area contributed by atoms with Crippen LogP contribution in [0.5, 0.6) is 0 Å². The fourth-order valence-electron chi connectivity index (χ4n) is 1.47. The summed E-state index contributed by atoms with van der Waals surface area (Å²) in [6.45, 7) is 0.346. The summed E-state index contributed by atoms with van der Waals surface area (Å²) in [5, 5.41) is 8.59. The smallest absolute Gasteiger partial charge is 0.0431 e. The van der Waals surface area contributed by atoms with E-state index in [1.165, 1.54) is 44.1 Å². The molecular weight excluding hydrogens is 208 g/mol. The second-order valence-electron chi connectivity index (χ2n) is 3.73. The summed E-state index contributed by atoms with van der Waals surface area (Å²) in [4.78, 5) is 0. The third-order valence-electron chi connectivity index (χ3n) is 2.35. The van der Waals surface area contributed by atoms with E-state index >= 15 is 0 Å². The van der Waals surface area contributed by atoms with Crippen LogP contribution in [0, 0.1) is 0 Å². The van der Waals surface area contributed by atoms with Crippen molar-refractivity contribution in [2.24, 2.45) is 0 Å². The molecule has 0 heterocycles. The molecule has 0 aliphatic rings. The van der Waals surface area contributed by atoms with Gasteiger partial charge in [0.2, 0.25) is 0 Å². The van der Waals surface area contributed by atoms with Crippen LogP contribution in [-0.2, 0) is 0 Å². The fourth-order valence-corrected chi connectivity index (χ4v) is 1.56. The quantitative estimate of drug-likeness (QED) is 0.436. The van der Waals surface area contributed by atoms with Crippen LogP contribution in [0.1, 0.15) is 51.4 Å². The highest BCUT2D eigenvalue weighted by Crippen LogP contribution is 2.08. The number of hydrogen-bond acceptors (Lipinski definition) is 1. The number of rotatable bonds is 10. The van der Waals surface area contributed by atoms with E-state index in [9.17, 15) is 0 Å². The fraction of sp³-hybridized carbons (Fsp3) is 0.692. The molecule has 0 aliphatic carbocycles. The summed E-state index contributed by atoms with van der Waals surface area (Å²) in [5.41, 5.74) is 1.53. The highest BCUT2D eigenvalue weighted by Gasteiger charge is 1.90. The molecule has 0 aromatic heterocycles. The van der Waals surface area contributed by atoms with Crippen molar-refractivity contribution in [3.8, 4) is 0 Å². The molecule has 0 aromatic rings. The van der Waals surface area contributed by atoms with Gasteiger partial charge in [0.15, 0.2) is 0 Å². The summed E-state index contributed by atoms with van der Waals surface area (Å²) >= 11 is 5.37. The third kappa shape index (κ3) is 13.7. The lowest BCUT2D eigenvalue weighted by Crippen LogP contribution is -1.83. The zero-order chi connectivity index (χ0) is 11.2. The topological polar surface area (TPSA) is 20.2 Å². The normalized spacial score (nSPS) is 11.9. The molecule has 0 unspecified atom stereocenters. The van der Waals surface area contributed by atoms with E-state index in [1.807, 2.05) is 12.2 Å². The Morgan fingerprint density at radius 2 is 1.40 bits per heavy atom. The first-order valence-corrected chi connectivity index (χ1v) is 6.38. The van der Waals surface area contributed by atoms with Crippen LogP contribution >= 0.6 is 11.6 Å². The minimum Gasteiger partial charge on any atom is -0.396 e. The van der Waals surface area contributed by atoms with E-state index < -0.39 is 0 Å². The highest BCUT2D eigenvalue weighted by molar-refractivity contribution is 6.25. The average molecular weight is 231 g/mol. The molecule has 0 radical (unpaired) electrons. The second-order valence-corrected chi connectivity index (χ2v) is 3.99. The van der Waals surface area contributed by atoms with Crippen LogP contribution < -0.4 is 0 Å². The lowest BCUT2D eigenvalue weighted by molar-refractivity contribution is 0.282. The van der Waals surface area contributed by atoms with Crippen LogP contribution in [0.15, 0.2) is 23.8 Å². The van der Waals surface area contributed by atoms with Gasteiger partial charge in [-0.25, -0.2) is 0 Å². The van der Waals surface area contributed by atoms with E-state index in [1.54, 1.807) is 0 Å². The van der Waals surface area contributed by atoms with Crippen molar-refractivity contribution in [2.45, 2.75) is 51.4 Å². The molecule has 15 heavy (non-hydrogen) atoms. The van der Waals surface area contributed by atoms with Gasteiger partial charge in [-0.05, 0) is 19.3 Å². The van der Waals surface area contributed by atoms with Gasteiger partial charge in [-0.15, -0.1) is 0 Å². The molecule has 0 saturated carbocycles. The minimum absolute atomic E-state index is 0.346. The molecule has 0 atom stereocenters. The summed E-state index contributed by atoms with van der Waals surface area (Å²) in [5.74, 6) is 0. The van der Waals surface area contributed by atoms with Gasteiger partial charge >= 0.3 is 0 Å². The standard InChI is InChI=1S/C13H23ClO/c14-12-10-8-6-4-2-1-3-5-7-9-11-13-15/h6,8,10,12,15H,1-5,7,9,11,13H2/b8-6+,12-10+. The van der Waals surface area contributed by atoms with Gasteiger partial charge in [0.05, 0.1) is 0 Å². The number of aliphatic hydroxyl groups excluding tert-OH is 1. The number of unbranched alkanes of at least 4 members (excludes halogenated alkanes) is 7. The minimum atomic E-state index is 0.346. The number of halogens is 1. The van der Waals surface area contributed by atoms with E-state index in [4.69, 9.17) is 16.7 Å². The van der Waals surface area contributed by atoms with Gasteiger partial charge < -0.3 is 5.11 Å².